The fraction of sp³-hybridized carbons (Fsp3) is 0.391. The van der Waals surface area contributed by atoms with Crippen LogP contribution in [0.1, 0.15) is 22.9 Å². The van der Waals surface area contributed by atoms with E-state index >= 15 is 0 Å². The van der Waals surface area contributed by atoms with Gasteiger partial charge in [0.1, 0.15) is 5.75 Å². The Balaban J connectivity index is 1.56. The number of likely N-dealkylation sites (N-methyl/N-ethyl adjacent to an activating group) is 1. The van der Waals surface area contributed by atoms with Crippen molar-refractivity contribution in [2.75, 3.05) is 40.4 Å². The number of benzene rings is 2. The summed E-state index contributed by atoms with van der Waals surface area (Å²) in [5.41, 5.74) is 3.74. The molecule has 7 nitrogen and oxygen atoms in total. The van der Waals surface area contributed by atoms with Gasteiger partial charge in [-0.2, -0.15) is 4.31 Å². The molecule has 2 aliphatic rings. The van der Waals surface area contributed by atoms with Crippen molar-refractivity contribution in [3.8, 4) is 5.75 Å². The zero-order chi connectivity index (χ0) is 22.0. The molecule has 1 atom stereocenters. The van der Waals surface area contributed by atoms with Crippen molar-refractivity contribution in [1.29, 1.82) is 0 Å². The Morgan fingerprint density at radius 1 is 1.16 bits per heavy atom. The van der Waals surface area contributed by atoms with Crippen LogP contribution in [0, 0.1) is 6.92 Å². The zero-order valence-electron chi connectivity index (χ0n) is 17.9. The summed E-state index contributed by atoms with van der Waals surface area (Å²) < 4.78 is 33.3. The van der Waals surface area contributed by atoms with Crippen LogP contribution in [-0.2, 0) is 15.4 Å². The number of fused-ring (bicyclic) bond motifs is 4. The topological polar surface area (TPSA) is 85.9 Å². The van der Waals surface area contributed by atoms with E-state index in [0.717, 1.165) is 33.5 Å². The number of methoxy groups -OCH3 is 1. The molecule has 3 heterocycles. The molecule has 8 heteroatoms. The van der Waals surface area contributed by atoms with E-state index in [9.17, 15) is 13.5 Å². The largest absolute Gasteiger partial charge is 0.497 e. The molecule has 0 saturated carbocycles. The predicted molar refractivity (Wildman–Crippen MR) is 119 cm³/mol. The lowest BCUT2D eigenvalue weighted by molar-refractivity contribution is 0.0467. The second-order valence-electron chi connectivity index (χ2n) is 8.81. The number of ether oxygens (including phenoxy) is 1. The van der Waals surface area contributed by atoms with Gasteiger partial charge in [0.25, 0.3) is 0 Å². The third-order valence-corrected chi connectivity index (χ3v) is 8.58. The minimum atomic E-state index is -3.55. The summed E-state index contributed by atoms with van der Waals surface area (Å²) in [6.45, 7) is 3.45. The number of rotatable bonds is 4. The quantitative estimate of drug-likeness (QED) is 0.649. The molecule has 2 aliphatic heterocycles. The lowest BCUT2D eigenvalue weighted by Gasteiger charge is -2.54. The first-order valence-corrected chi connectivity index (χ1v) is 11.8. The van der Waals surface area contributed by atoms with E-state index in [2.05, 4.69) is 9.88 Å². The standard InChI is InChI=1S/C23H27N3O4S/c1-15-4-7-17(8-5-15)31(28,29)26-13-23(14-26)12-25(2)20(11-27)22-21(23)18-9-6-16(30-3)10-19(18)24-22/h4-10,20,24,27H,11-14H2,1-3H3/t20-/m1/s1. The Labute approximate surface area is 182 Å². The lowest BCUT2D eigenvalue weighted by Crippen LogP contribution is -2.67. The summed E-state index contributed by atoms with van der Waals surface area (Å²) >= 11 is 0. The molecular weight excluding hydrogens is 414 g/mol. The van der Waals surface area contributed by atoms with Crippen molar-refractivity contribution in [3.05, 3.63) is 59.3 Å². The van der Waals surface area contributed by atoms with Gasteiger partial charge >= 0.3 is 0 Å². The molecule has 0 bridgehead atoms. The zero-order valence-corrected chi connectivity index (χ0v) is 18.7. The normalized spacial score (nSPS) is 21.2. The number of aryl methyl sites for hydroxylation is 1. The third kappa shape index (κ3) is 3.01. The minimum absolute atomic E-state index is 0.00504. The van der Waals surface area contributed by atoms with Gasteiger partial charge in [0, 0.05) is 47.7 Å². The summed E-state index contributed by atoms with van der Waals surface area (Å²) in [4.78, 5) is 5.93. The molecule has 1 fully saturated rings. The molecule has 0 radical (unpaired) electrons. The number of aromatic amines is 1. The molecule has 0 aliphatic carbocycles. The highest BCUT2D eigenvalue weighted by molar-refractivity contribution is 7.89. The van der Waals surface area contributed by atoms with Gasteiger partial charge < -0.3 is 14.8 Å². The summed E-state index contributed by atoms with van der Waals surface area (Å²) in [5.74, 6) is 0.756. The second-order valence-corrected chi connectivity index (χ2v) is 10.7. The molecule has 2 aromatic carbocycles. The molecule has 5 rings (SSSR count). The Morgan fingerprint density at radius 3 is 2.52 bits per heavy atom. The van der Waals surface area contributed by atoms with E-state index in [0.29, 0.717) is 24.5 Å². The van der Waals surface area contributed by atoms with Crippen LogP contribution in [-0.4, -0.2) is 68.1 Å². The minimum Gasteiger partial charge on any atom is -0.497 e. The Morgan fingerprint density at radius 2 is 1.87 bits per heavy atom. The van der Waals surface area contributed by atoms with Gasteiger partial charge in [0.05, 0.1) is 24.7 Å². The maximum absolute atomic E-state index is 13.2. The van der Waals surface area contributed by atoms with E-state index in [1.807, 2.05) is 44.3 Å². The average molecular weight is 442 g/mol. The summed E-state index contributed by atoms with van der Waals surface area (Å²) in [5, 5.41) is 11.1. The fourth-order valence-corrected chi connectivity index (χ4v) is 6.79. The van der Waals surface area contributed by atoms with Gasteiger partial charge in [-0.15, -0.1) is 0 Å². The number of hydrogen-bond donors (Lipinski definition) is 2. The molecule has 0 unspecified atom stereocenters. The second kappa shape index (κ2) is 7.06. The van der Waals surface area contributed by atoms with Crippen molar-refractivity contribution in [2.45, 2.75) is 23.3 Å². The summed E-state index contributed by atoms with van der Waals surface area (Å²) in [6, 6.07) is 12.8. The average Bonchev–Trinajstić information content (AvgIpc) is 3.10. The Kier molecular flexibility index (Phi) is 4.67. The molecule has 31 heavy (non-hydrogen) atoms. The maximum Gasteiger partial charge on any atom is 0.243 e. The SMILES string of the molecule is COc1ccc2c3c([nH]c2c1)[C@@H](CO)N(C)CC31CN(S(=O)(=O)c2ccc(C)cc2)C1. The predicted octanol–water partition coefficient (Wildman–Crippen LogP) is 2.41. The summed E-state index contributed by atoms with van der Waals surface area (Å²) in [6.07, 6.45) is 0. The van der Waals surface area contributed by atoms with Crippen LogP contribution >= 0.6 is 0 Å². The van der Waals surface area contributed by atoms with E-state index in [1.165, 1.54) is 0 Å². The van der Waals surface area contributed by atoms with E-state index in [1.54, 1.807) is 23.5 Å². The van der Waals surface area contributed by atoms with Gasteiger partial charge in [-0.25, -0.2) is 8.42 Å². The Hall–Kier alpha value is -2.39. The molecule has 3 aromatic rings. The van der Waals surface area contributed by atoms with E-state index in [4.69, 9.17) is 4.74 Å². The van der Waals surface area contributed by atoms with Gasteiger partial charge in [0.15, 0.2) is 0 Å². The lowest BCUT2D eigenvalue weighted by atomic mass is 9.70. The maximum atomic E-state index is 13.2. The van der Waals surface area contributed by atoms with E-state index < -0.39 is 10.0 Å². The summed E-state index contributed by atoms with van der Waals surface area (Å²) in [7, 11) is 0.0702. The molecule has 1 saturated heterocycles. The number of nitrogens with zero attached hydrogens (tertiary/aromatic N) is 2. The first-order chi connectivity index (χ1) is 14.8. The van der Waals surface area contributed by atoms with Crippen LogP contribution < -0.4 is 4.74 Å². The number of sulfonamides is 1. The molecular formula is C23H27N3O4S. The smallest absolute Gasteiger partial charge is 0.243 e. The number of H-pyrrole nitrogens is 1. The Bertz CT molecular complexity index is 1240. The number of aliphatic hydroxyl groups is 1. The van der Waals surface area contributed by atoms with Crippen LogP contribution in [0.15, 0.2) is 47.4 Å². The van der Waals surface area contributed by atoms with Gasteiger partial charge in [-0.05, 0) is 43.8 Å². The highest BCUT2D eigenvalue weighted by atomic mass is 32.2. The van der Waals surface area contributed by atoms with Crippen molar-refractivity contribution in [2.24, 2.45) is 0 Å². The van der Waals surface area contributed by atoms with Crippen LogP contribution in [0.3, 0.4) is 0 Å². The number of hydrogen-bond acceptors (Lipinski definition) is 5. The molecule has 2 N–H and O–H groups in total. The molecule has 1 aromatic heterocycles. The molecule has 164 valence electrons. The highest BCUT2D eigenvalue weighted by Gasteiger charge is 2.55. The van der Waals surface area contributed by atoms with Crippen molar-refractivity contribution < 1.29 is 18.3 Å². The molecule has 1 spiro atoms. The fourth-order valence-electron chi connectivity index (χ4n) is 5.18. The molecule has 0 amide bonds. The van der Waals surface area contributed by atoms with Crippen LogP contribution in [0.2, 0.25) is 0 Å². The van der Waals surface area contributed by atoms with Crippen molar-refractivity contribution in [3.63, 3.8) is 0 Å². The highest BCUT2D eigenvalue weighted by Crippen LogP contribution is 2.49. The third-order valence-electron chi connectivity index (χ3n) is 6.77. The number of aromatic nitrogens is 1. The van der Waals surface area contributed by atoms with Gasteiger partial charge in [-0.3, -0.25) is 4.90 Å². The van der Waals surface area contributed by atoms with Crippen LogP contribution in [0.5, 0.6) is 5.75 Å². The van der Waals surface area contributed by atoms with Crippen molar-refractivity contribution >= 4 is 20.9 Å². The first-order valence-electron chi connectivity index (χ1n) is 10.4. The number of nitrogens with one attached hydrogen (secondary N) is 1. The van der Waals surface area contributed by atoms with E-state index in [-0.39, 0.29) is 18.1 Å². The first kappa shape index (κ1) is 20.5. The number of aliphatic hydroxyl groups excluding tert-OH is 1. The monoisotopic (exact) mass is 441 g/mol. The van der Waals surface area contributed by atoms with Gasteiger partial charge in [0.2, 0.25) is 10.0 Å². The van der Waals surface area contributed by atoms with Crippen molar-refractivity contribution in [1.82, 2.24) is 14.2 Å². The van der Waals surface area contributed by atoms with Crippen LogP contribution in [0.25, 0.3) is 10.9 Å². The van der Waals surface area contributed by atoms with Crippen LogP contribution in [0.4, 0.5) is 0 Å². The van der Waals surface area contributed by atoms with Gasteiger partial charge in [-0.1, -0.05) is 17.7 Å².